The first-order chi connectivity index (χ1) is 6.10. The number of aliphatic hydroxyl groups excluding tert-OH is 1. The van der Waals surface area contributed by atoms with Crippen LogP contribution in [0.5, 0.6) is 0 Å². The summed E-state index contributed by atoms with van der Waals surface area (Å²) in [5.74, 6) is 0. The zero-order chi connectivity index (χ0) is 11.4. The predicted molar refractivity (Wildman–Crippen MR) is 47.5 cm³/mol. The topological polar surface area (TPSA) is 29.5 Å². The number of hydrogen-bond acceptors (Lipinski definition) is 2. The quantitative estimate of drug-likeness (QED) is 0.631. The average Bonchev–Trinajstić information content (AvgIpc) is 1.78. The first kappa shape index (κ1) is 14.6. The molecule has 0 aliphatic carbocycles. The lowest BCUT2D eigenvalue weighted by molar-refractivity contribution is -0.204. The van der Waals surface area contributed by atoms with E-state index in [-0.39, 0.29) is 13.0 Å². The van der Waals surface area contributed by atoms with Gasteiger partial charge in [-0.2, -0.15) is 13.2 Å². The first-order valence-electron chi connectivity index (χ1n) is 3.53. The van der Waals surface area contributed by atoms with E-state index in [2.05, 4.69) is 4.74 Å². The number of halogens is 6. The molecule has 0 fully saturated rings. The van der Waals surface area contributed by atoms with Gasteiger partial charge in [-0.05, 0) is 0 Å². The second kappa shape index (κ2) is 5.61. The Morgan fingerprint density at radius 2 is 1.71 bits per heavy atom. The Balaban J connectivity index is 3.60. The van der Waals surface area contributed by atoms with E-state index in [1.165, 1.54) is 0 Å². The number of alkyl halides is 6. The molecule has 0 amide bonds. The summed E-state index contributed by atoms with van der Waals surface area (Å²) in [5.41, 5.74) is 0. The van der Waals surface area contributed by atoms with Crippen molar-refractivity contribution in [2.75, 3.05) is 6.61 Å². The van der Waals surface area contributed by atoms with Crippen LogP contribution in [0.3, 0.4) is 0 Å². The molecule has 0 aromatic rings. The van der Waals surface area contributed by atoms with Gasteiger partial charge in [-0.3, -0.25) is 0 Å². The number of hydrogen-bond donors (Lipinski definition) is 1. The molecule has 14 heavy (non-hydrogen) atoms. The maximum Gasteiger partial charge on any atom is 0.393 e. The van der Waals surface area contributed by atoms with Crippen LogP contribution in [-0.2, 0) is 4.74 Å². The molecule has 1 N–H and O–H groups in total. The van der Waals surface area contributed by atoms with E-state index < -0.39 is 22.7 Å². The summed E-state index contributed by atoms with van der Waals surface area (Å²) in [6.45, 7) is -0.256. The zero-order valence-corrected chi connectivity index (χ0v) is 9.09. The highest BCUT2D eigenvalue weighted by atomic mass is 35.6. The van der Waals surface area contributed by atoms with Crippen LogP contribution in [0.2, 0.25) is 0 Å². The van der Waals surface area contributed by atoms with Crippen molar-refractivity contribution in [3.05, 3.63) is 0 Å². The molecule has 0 aliphatic heterocycles. The summed E-state index contributed by atoms with van der Waals surface area (Å²) in [6, 6.07) is 0. The molecule has 2 nitrogen and oxygen atoms in total. The second-order valence-corrected chi connectivity index (χ2v) is 5.03. The summed E-state index contributed by atoms with van der Waals surface area (Å²) in [6.07, 6.45) is -7.92. The lowest BCUT2D eigenvalue weighted by Crippen LogP contribution is -2.23. The Kier molecular flexibility index (Phi) is 5.84. The molecule has 0 radical (unpaired) electrons. The molecule has 0 saturated carbocycles. The molecule has 0 bridgehead atoms. The molecule has 0 aromatic heterocycles. The van der Waals surface area contributed by atoms with Crippen LogP contribution >= 0.6 is 34.8 Å². The van der Waals surface area contributed by atoms with Crippen LogP contribution in [0, 0.1) is 0 Å². The average molecular weight is 275 g/mol. The van der Waals surface area contributed by atoms with Crippen LogP contribution in [0.15, 0.2) is 0 Å². The van der Waals surface area contributed by atoms with Gasteiger partial charge in [0.1, 0.15) is 0 Å². The van der Waals surface area contributed by atoms with Crippen molar-refractivity contribution in [1.29, 1.82) is 0 Å². The third kappa shape index (κ3) is 10.7. The van der Waals surface area contributed by atoms with Crippen molar-refractivity contribution < 1.29 is 23.0 Å². The van der Waals surface area contributed by atoms with Gasteiger partial charge in [0.05, 0.1) is 13.0 Å². The molecule has 1 unspecified atom stereocenters. The van der Waals surface area contributed by atoms with Crippen LogP contribution in [0.4, 0.5) is 13.2 Å². The molecule has 0 spiro atoms. The maximum absolute atomic E-state index is 11.6. The zero-order valence-electron chi connectivity index (χ0n) is 6.82. The van der Waals surface area contributed by atoms with Gasteiger partial charge in [-0.1, -0.05) is 34.8 Å². The highest BCUT2D eigenvalue weighted by molar-refractivity contribution is 6.67. The fraction of sp³-hybridized carbons (Fsp3) is 1.00. The Morgan fingerprint density at radius 1 is 1.21 bits per heavy atom. The Labute approximate surface area is 93.9 Å². The van der Waals surface area contributed by atoms with Crippen molar-refractivity contribution in [2.45, 2.75) is 29.1 Å². The molecule has 1 atom stereocenters. The maximum atomic E-state index is 11.6. The fourth-order valence-corrected chi connectivity index (χ4v) is 0.799. The molecule has 86 valence electrons. The third-order valence-electron chi connectivity index (χ3n) is 1.10. The molecule has 0 rings (SSSR count). The van der Waals surface area contributed by atoms with E-state index in [0.29, 0.717) is 0 Å². The van der Waals surface area contributed by atoms with Gasteiger partial charge in [0.15, 0.2) is 10.1 Å². The normalized spacial score (nSPS) is 15.6. The van der Waals surface area contributed by atoms with Crippen LogP contribution < -0.4 is 0 Å². The summed E-state index contributed by atoms with van der Waals surface area (Å²) >= 11 is 15.9. The number of rotatable bonds is 4. The molecular weight excluding hydrogens is 267 g/mol. The lowest BCUT2D eigenvalue weighted by Gasteiger charge is -2.15. The molecule has 0 heterocycles. The molecule has 0 aliphatic rings. The van der Waals surface area contributed by atoms with Gasteiger partial charge in [-0.15, -0.1) is 0 Å². The van der Waals surface area contributed by atoms with Crippen molar-refractivity contribution in [2.24, 2.45) is 0 Å². The minimum absolute atomic E-state index is 0.0907. The van der Waals surface area contributed by atoms with E-state index in [9.17, 15) is 13.2 Å². The van der Waals surface area contributed by atoms with Gasteiger partial charge in [-0.25, -0.2) is 0 Å². The van der Waals surface area contributed by atoms with E-state index in [1.54, 1.807) is 0 Å². The van der Waals surface area contributed by atoms with E-state index in [4.69, 9.17) is 39.9 Å². The van der Waals surface area contributed by atoms with Crippen LogP contribution in [-0.4, -0.2) is 28.0 Å². The molecular formula is C6H8Cl3F3O2. The SMILES string of the molecule is OC(CC(F)(F)F)OCCC(Cl)(Cl)Cl. The van der Waals surface area contributed by atoms with Crippen molar-refractivity contribution in [1.82, 2.24) is 0 Å². The smallest absolute Gasteiger partial charge is 0.368 e. The minimum Gasteiger partial charge on any atom is -0.368 e. The summed E-state index contributed by atoms with van der Waals surface area (Å²) in [4.78, 5) is 0. The lowest BCUT2D eigenvalue weighted by atomic mass is 10.4. The summed E-state index contributed by atoms with van der Waals surface area (Å²) in [7, 11) is 0. The molecule has 8 heteroatoms. The summed E-state index contributed by atoms with van der Waals surface area (Å²) < 4.78 is 37.7. The Morgan fingerprint density at radius 3 is 2.07 bits per heavy atom. The molecule has 0 saturated heterocycles. The van der Waals surface area contributed by atoms with Gasteiger partial charge in [0.25, 0.3) is 0 Å². The van der Waals surface area contributed by atoms with Gasteiger partial charge < -0.3 is 9.84 Å². The van der Waals surface area contributed by atoms with Gasteiger partial charge >= 0.3 is 6.18 Å². The first-order valence-corrected chi connectivity index (χ1v) is 4.67. The monoisotopic (exact) mass is 274 g/mol. The van der Waals surface area contributed by atoms with Crippen molar-refractivity contribution >= 4 is 34.8 Å². The highest BCUT2D eigenvalue weighted by Gasteiger charge is 2.31. The minimum atomic E-state index is -4.47. The Bertz CT molecular complexity index is 169. The summed E-state index contributed by atoms with van der Waals surface area (Å²) in [5, 5.41) is 8.71. The standard InChI is InChI=1S/C6H8Cl3F3O2/c7-5(8,9)1-2-14-4(13)3-6(10,11)12/h4,13H,1-3H2. The van der Waals surface area contributed by atoms with Crippen molar-refractivity contribution in [3.63, 3.8) is 0 Å². The largest absolute Gasteiger partial charge is 0.393 e. The van der Waals surface area contributed by atoms with E-state index in [1.807, 2.05) is 0 Å². The number of aliphatic hydroxyl groups is 1. The van der Waals surface area contributed by atoms with E-state index in [0.717, 1.165) is 0 Å². The third-order valence-corrected chi connectivity index (χ3v) is 1.67. The van der Waals surface area contributed by atoms with Gasteiger partial charge in [0.2, 0.25) is 0 Å². The van der Waals surface area contributed by atoms with Crippen LogP contribution in [0.1, 0.15) is 12.8 Å². The van der Waals surface area contributed by atoms with Crippen molar-refractivity contribution in [3.8, 4) is 0 Å². The van der Waals surface area contributed by atoms with E-state index >= 15 is 0 Å². The van der Waals surface area contributed by atoms with Crippen LogP contribution in [0.25, 0.3) is 0 Å². The predicted octanol–water partition coefficient (Wildman–Crippen LogP) is 3.03. The molecule has 0 aromatic carbocycles. The highest BCUT2D eigenvalue weighted by Crippen LogP contribution is 2.30. The fourth-order valence-electron chi connectivity index (χ4n) is 0.568. The van der Waals surface area contributed by atoms with Gasteiger partial charge in [0, 0.05) is 6.42 Å². The number of ether oxygens (including phenoxy) is 1. The second-order valence-electron chi connectivity index (χ2n) is 2.51. The Hall–Kier alpha value is 0.580.